The third-order valence-corrected chi connectivity index (χ3v) is 4.64. The molecule has 0 saturated carbocycles. The van der Waals surface area contributed by atoms with Crippen LogP contribution in [0, 0.1) is 12.8 Å². The molecule has 0 amide bonds. The molecule has 1 aliphatic rings. The van der Waals surface area contributed by atoms with Crippen LogP contribution in [-0.2, 0) is 0 Å². The molecule has 0 bridgehead atoms. The number of hydrogen-bond acceptors (Lipinski definition) is 4. The van der Waals surface area contributed by atoms with Crippen molar-refractivity contribution < 1.29 is 9.32 Å². The van der Waals surface area contributed by atoms with Gasteiger partial charge in [0.25, 0.3) is 0 Å². The topological polar surface area (TPSA) is 46.3 Å². The molecule has 1 saturated heterocycles. The summed E-state index contributed by atoms with van der Waals surface area (Å²) in [6.45, 7) is 7.15. The van der Waals surface area contributed by atoms with Crippen LogP contribution in [0.4, 0.5) is 0 Å². The molecular formula is C19H25ClN2O2. The minimum Gasteiger partial charge on any atom is -0.352 e. The number of nitrogens with zero attached hydrogens (tertiary/aromatic N) is 2. The summed E-state index contributed by atoms with van der Waals surface area (Å²) in [5.41, 5.74) is 2.90. The standard InChI is InChI=1S/C19H24N2O2.ClH/c1-3-15(13-21-10-4-5-11-21)19(22)18-12-17(20-23-18)16-8-6-14(2)7-9-16;/h6-9,12,15H,3-5,10-11,13H2,1-2H3;1H. The van der Waals surface area contributed by atoms with E-state index in [2.05, 4.69) is 17.0 Å². The first-order chi connectivity index (χ1) is 11.2. The summed E-state index contributed by atoms with van der Waals surface area (Å²) in [5, 5.41) is 4.08. The van der Waals surface area contributed by atoms with Crippen molar-refractivity contribution in [2.24, 2.45) is 5.92 Å². The van der Waals surface area contributed by atoms with Crippen LogP contribution in [0.5, 0.6) is 0 Å². The molecule has 0 radical (unpaired) electrons. The van der Waals surface area contributed by atoms with Gasteiger partial charge >= 0.3 is 0 Å². The van der Waals surface area contributed by atoms with Gasteiger partial charge in [-0.2, -0.15) is 0 Å². The van der Waals surface area contributed by atoms with Crippen LogP contribution < -0.4 is 0 Å². The monoisotopic (exact) mass is 348 g/mol. The van der Waals surface area contributed by atoms with Gasteiger partial charge in [0.05, 0.1) is 0 Å². The zero-order chi connectivity index (χ0) is 16.2. The molecule has 2 heterocycles. The SMILES string of the molecule is CCC(CN1CCCC1)C(=O)c1cc(-c2ccc(C)cc2)no1.Cl. The van der Waals surface area contributed by atoms with Crippen LogP contribution in [0.1, 0.15) is 42.3 Å². The van der Waals surface area contributed by atoms with E-state index in [1.807, 2.05) is 31.2 Å². The minimum absolute atomic E-state index is 0. The second-order valence-electron chi connectivity index (χ2n) is 6.42. The number of benzene rings is 1. The highest BCUT2D eigenvalue weighted by atomic mass is 35.5. The molecule has 3 rings (SSSR count). The number of aromatic nitrogens is 1. The van der Waals surface area contributed by atoms with E-state index in [1.54, 1.807) is 6.07 Å². The number of likely N-dealkylation sites (tertiary alicyclic amines) is 1. The molecule has 1 aromatic heterocycles. The molecule has 0 spiro atoms. The van der Waals surface area contributed by atoms with E-state index < -0.39 is 0 Å². The maximum atomic E-state index is 12.7. The second kappa shape index (κ2) is 8.45. The Balaban J connectivity index is 0.00000208. The highest BCUT2D eigenvalue weighted by Crippen LogP contribution is 2.23. The van der Waals surface area contributed by atoms with Gasteiger partial charge in [-0.15, -0.1) is 12.4 Å². The summed E-state index contributed by atoms with van der Waals surface area (Å²) in [7, 11) is 0. The molecule has 5 heteroatoms. The van der Waals surface area contributed by atoms with Crippen molar-refractivity contribution in [1.29, 1.82) is 0 Å². The smallest absolute Gasteiger partial charge is 0.205 e. The van der Waals surface area contributed by atoms with Gasteiger partial charge in [-0.25, -0.2) is 0 Å². The van der Waals surface area contributed by atoms with Gasteiger partial charge in [-0.05, 0) is 39.3 Å². The maximum Gasteiger partial charge on any atom is 0.205 e. The molecule has 0 aliphatic carbocycles. The van der Waals surface area contributed by atoms with E-state index in [4.69, 9.17) is 4.52 Å². The summed E-state index contributed by atoms with van der Waals surface area (Å²) in [6.07, 6.45) is 3.31. The predicted octanol–water partition coefficient (Wildman–Crippen LogP) is 4.38. The highest BCUT2D eigenvalue weighted by Gasteiger charge is 2.26. The Hall–Kier alpha value is -1.65. The van der Waals surface area contributed by atoms with Gasteiger partial charge in [-0.1, -0.05) is 41.9 Å². The van der Waals surface area contributed by atoms with E-state index in [1.165, 1.54) is 18.4 Å². The third-order valence-electron chi connectivity index (χ3n) is 4.64. The average Bonchev–Trinajstić information content (AvgIpc) is 3.24. The fraction of sp³-hybridized carbons (Fsp3) is 0.474. The number of rotatable bonds is 6. The van der Waals surface area contributed by atoms with Gasteiger partial charge < -0.3 is 9.42 Å². The molecule has 0 N–H and O–H groups in total. The van der Waals surface area contributed by atoms with E-state index in [-0.39, 0.29) is 24.1 Å². The summed E-state index contributed by atoms with van der Waals surface area (Å²) in [4.78, 5) is 15.1. The molecule has 1 aliphatic heterocycles. The summed E-state index contributed by atoms with van der Waals surface area (Å²) in [5.74, 6) is 0.448. The van der Waals surface area contributed by atoms with E-state index in [0.717, 1.165) is 37.3 Å². The van der Waals surface area contributed by atoms with Gasteiger partial charge in [0, 0.05) is 24.1 Å². The highest BCUT2D eigenvalue weighted by molar-refractivity contribution is 5.96. The summed E-state index contributed by atoms with van der Waals surface area (Å²) < 4.78 is 5.34. The Bertz CT molecular complexity index is 660. The van der Waals surface area contributed by atoms with Crippen LogP contribution in [0.25, 0.3) is 11.3 Å². The van der Waals surface area contributed by atoms with Gasteiger partial charge in [0.1, 0.15) is 5.69 Å². The lowest BCUT2D eigenvalue weighted by atomic mass is 9.98. The number of carbonyl (C=O) groups is 1. The van der Waals surface area contributed by atoms with Gasteiger partial charge in [0.15, 0.2) is 0 Å². The number of ketones is 1. The first-order valence-electron chi connectivity index (χ1n) is 8.47. The molecule has 24 heavy (non-hydrogen) atoms. The zero-order valence-electron chi connectivity index (χ0n) is 14.3. The largest absolute Gasteiger partial charge is 0.352 e. The Morgan fingerprint density at radius 1 is 1.25 bits per heavy atom. The Kier molecular flexibility index (Phi) is 6.58. The maximum absolute atomic E-state index is 12.7. The fourth-order valence-electron chi connectivity index (χ4n) is 3.13. The Labute approximate surface area is 149 Å². The lowest BCUT2D eigenvalue weighted by molar-refractivity contribution is 0.0847. The predicted molar refractivity (Wildman–Crippen MR) is 97.7 cm³/mol. The molecular weight excluding hydrogens is 324 g/mol. The third kappa shape index (κ3) is 4.25. The van der Waals surface area contributed by atoms with E-state index in [0.29, 0.717) is 5.76 Å². The van der Waals surface area contributed by atoms with Crippen molar-refractivity contribution in [1.82, 2.24) is 10.1 Å². The lowest BCUT2D eigenvalue weighted by Crippen LogP contribution is -2.30. The van der Waals surface area contributed by atoms with Crippen molar-refractivity contribution in [3.63, 3.8) is 0 Å². The number of aryl methyl sites for hydroxylation is 1. The number of carbonyl (C=O) groups excluding carboxylic acids is 1. The Morgan fingerprint density at radius 3 is 2.54 bits per heavy atom. The fourth-order valence-corrected chi connectivity index (χ4v) is 3.13. The summed E-state index contributed by atoms with van der Waals surface area (Å²) in [6, 6.07) is 9.85. The zero-order valence-corrected chi connectivity index (χ0v) is 15.1. The number of hydrogen-bond donors (Lipinski definition) is 0. The molecule has 130 valence electrons. The van der Waals surface area contributed by atoms with Crippen molar-refractivity contribution in [3.8, 4) is 11.3 Å². The number of Topliss-reactive ketones (excluding diaryl/α,β-unsaturated/α-hetero) is 1. The molecule has 1 atom stereocenters. The molecule has 2 aromatic rings. The molecule has 1 unspecified atom stereocenters. The van der Waals surface area contributed by atoms with Crippen LogP contribution in [0.15, 0.2) is 34.9 Å². The Morgan fingerprint density at radius 2 is 1.92 bits per heavy atom. The molecule has 4 nitrogen and oxygen atoms in total. The van der Waals surface area contributed by atoms with Crippen molar-refractivity contribution in [2.75, 3.05) is 19.6 Å². The first kappa shape index (κ1) is 18.7. The van der Waals surface area contributed by atoms with Crippen LogP contribution in [0.3, 0.4) is 0 Å². The van der Waals surface area contributed by atoms with E-state index in [9.17, 15) is 4.79 Å². The van der Waals surface area contributed by atoms with Gasteiger partial charge in [-0.3, -0.25) is 4.79 Å². The first-order valence-corrected chi connectivity index (χ1v) is 8.47. The second-order valence-corrected chi connectivity index (χ2v) is 6.42. The van der Waals surface area contributed by atoms with Crippen molar-refractivity contribution in [2.45, 2.75) is 33.1 Å². The quantitative estimate of drug-likeness (QED) is 0.727. The summed E-state index contributed by atoms with van der Waals surface area (Å²) >= 11 is 0. The molecule has 1 fully saturated rings. The number of halogens is 1. The van der Waals surface area contributed by atoms with Gasteiger partial charge in [0.2, 0.25) is 11.5 Å². The van der Waals surface area contributed by atoms with Crippen LogP contribution in [-0.4, -0.2) is 35.5 Å². The normalized spacial score (nSPS) is 15.9. The minimum atomic E-state index is -0.00748. The lowest BCUT2D eigenvalue weighted by Gasteiger charge is -2.20. The van der Waals surface area contributed by atoms with Crippen LogP contribution >= 0.6 is 12.4 Å². The molecule has 1 aromatic carbocycles. The van der Waals surface area contributed by atoms with Crippen molar-refractivity contribution >= 4 is 18.2 Å². The van der Waals surface area contributed by atoms with Crippen LogP contribution in [0.2, 0.25) is 0 Å². The average molecular weight is 349 g/mol. The van der Waals surface area contributed by atoms with E-state index >= 15 is 0 Å². The van der Waals surface area contributed by atoms with Crippen molar-refractivity contribution in [3.05, 3.63) is 41.7 Å².